The first-order valence-corrected chi connectivity index (χ1v) is 17.4. The second-order valence-corrected chi connectivity index (χ2v) is 14.6. The van der Waals surface area contributed by atoms with E-state index in [1.165, 1.54) is 17.2 Å². The molecule has 1 N–H and O–H groups in total. The Bertz CT molecular complexity index is 1790. The number of aromatic hydroxyl groups is 1. The van der Waals surface area contributed by atoms with Gasteiger partial charge in [-0.25, -0.2) is 0 Å². The minimum atomic E-state index is -1.92. The summed E-state index contributed by atoms with van der Waals surface area (Å²) >= 11 is 17.9. The molecule has 2 aromatic carbocycles. The van der Waals surface area contributed by atoms with Crippen LogP contribution in [0.4, 0.5) is 11.4 Å². The second-order valence-electron chi connectivity index (χ2n) is 12.9. The van der Waals surface area contributed by atoms with Crippen LogP contribution in [0.15, 0.2) is 65.9 Å². The first-order chi connectivity index (χ1) is 22.6. The molecule has 0 unspecified atom stereocenters. The molecule has 244 valence electrons. The van der Waals surface area contributed by atoms with Gasteiger partial charge in [-0.3, -0.25) is 29.0 Å². The van der Waals surface area contributed by atoms with E-state index < -0.39 is 45.2 Å². The van der Waals surface area contributed by atoms with Gasteiger partial charge in [0.1, 0.15) is 11.5 Å². The number of carbonyl (C=O) groups excluding carboxylic acids is 4. The number of hydrogen-bond acceptors (Lipinski definition) is 8. The van der Waals surface area contributed by atoms with Gasteiger partial charge in [-0.15, -0.1) is 23.2 Å². The minimum Gasteiger partial charge on any atom is -0.508 e. The van der Waals surface area contributed by atoms with Crippen LogP contribution in [0.5, 0.6) is 11.5 Å². The fraction of sp³-hybridized carbons (Fsp3) is 0.412. The highest BCUT2D eigenvalue weighted by molar-refractivity contribution is 9.09. The number of morpholine rings is 1. The van der Waals surface area contributed by atoms with E-state index in [-0.39, 0.29) is 42.3 Å². The summed E-state index contributed by atoms with van der Waals surface area (Å²) in [6.07, 6.45) is 3.86. The van der Waals surface area contributed by atoms with Crippen molar-refractivity contribution in [3.63, 3.8) is 0 Å². The maximum absolute atomic E-state index is 14.4. The zero-order valence-electron chi connectivity index (χ0n) is 25.0. The topological polar surface area (TPSA) is 117 Å². The molecule has 13 heteroatoms. The number of alkyl halides is 3. The number of likely N-dealkylation sites (tertiary alicyclic amines) is 1. The molecule has 0 spiro atoms. The van der Waals surface area contributed by atoms with E-state index in [0.29, 0.717) is 41.4 Å². The van der Waals surface area contributed by atoms with Crippen LogP contribution in [0, 0.1) is 23.7 Å². The largest absolute Gasteiger partial charge is 0.508 e. The van der Waals surface area contributed by atoms with Gasteiger partial charge in [0.25, 0.3) is 11.8 Å². The third-order valence-corrected chi connectivity index (χ3v) is 12.6. The first kappa shape index (κ1) is 30.9. The number of carbonyl (C=O) groups is 4. The Morgan fingerprint density at radius 1 is 0.936 bits per heavy atom. The molecule has 1 saturated carbocycles. The molecule has 6 aliphatic rings. The number of rotatable bonds is 4. The summed E-state index contributed by atoms with van der Waals surface area (Å²) in [7, 11) is 0. The number of anilines is 2. The number of benzene rings is 2. The number of halogens is 3. The molecule has 4 fully saturated rings. The highest BCUT2D eigenvalue weighted by Crippen LogP contribution is 2.65. The molecule has 4 aliphatic heterocycles. The Labute approximate surface area is 289 Å². The number of ether oxygens (including phenoxy) is 2. The van der Waals surface area contributed by atoms with Crippen molar-refractivity contribution in [1.82, 2.24) is 4.90 Å². The molecule has 10 nitrogen and oxygen atoms in total. The van der Waals surface area contributed by atoms with Crippen LogP contribution < -0.4 is 14.5 Å². The van der Waals surface area contributed by atoms with Crippen LogP contribution in [-0.4, -0.2) is 75.1 Å². The monoisotopic (exact) mass is 741 g/mol. The zero-order valence-corrected chi connectivity index (χ0v) is 28.1. The maximum atomic E-state index is 14.4. The number of amides is 4. The molecule has 47 heavy (non-hydrogen) atoms. The quantitative estimate of drug-likeness (QED) is 0.211. The van der Waals surface area contributed by atoms with Crippen LogP contribution in [0.25, 0.3) is 0 Å². The molecule has 2 aliphatic carbocycles. The van der Waals surface area contributed by atoms with E-state index in [1.54, 1.807) is 24.3 Å². The molecule has 4 amide bonds. The molecular formula is C34H30BrCl2N3O7. The van der Waals surface area contributed by atoms with Gasteiger partial charge in [0.15, 0.2) is 9.75 Å². The highest BCUT2D eigenvalue weighted by atomic mass is 79.9. The molecule has 2 aromatic rings. The number of allylic oxidation sites excluding steroid dienone is 3. The van der Waals surface area contributed by atoms with E-state index in [9.17, 15) is 24.3 Å². The van der Waals surface area contributed by atoms with Gasteiger partial charge in [0, 0.05) is 36.7 Å². The lowest BCUT2D eigenvalue weighted by Crippen LogP contribution is -2.61. The molecule has 3 saturated heterocycles. The standard InChI is InChI=1S/C34H30BrCl2N3O7/c35-17-39-31(44)33(36)15-25-23(28(34(33,37)32(39)45)19-13-18-14-22(41)5-8-26(18)47-16-19)6-7-24-27(25)30(43)40(29(24)42)21-3-1-20(2-4-21)38-9-11-46-12-10-38/h1-6,8,14,16,24-25,27-28,41H,7,9-13,15,17H2/t24-,25+,27-,28-,33+,34-/m0/s1. The third-order valence-electron chi connectivity index (χ3n) is 10.6. The van der Waals surface area contributed by atoms with Crippen molar-refractivity contribution in [2.24, 2.45) is 23.7 Å². The van der Waals surface area contributed by atoms with Crippen LogP contribution in [0.3, 0.4) is 0 Å². The van der Waals surface area contributed by atoms with Crippen molar-refractivity contribution >= 4 is 74.1 Å². The summed E-state index contributed by atoms with van der Waals surface area (Å²) in [5, 5.41) is 10.2. The van der Waals surface area contributed by atoms with Crippen molar-refractivity contribution in [1.29, 1.82) is 0 Å². The number of phenolic OH excluding ortho intramolecular Hbond substituents is 1. The fourth-order valence-electron chi connectivity index (χ4n) is 8.45. The molecule has 8 rings (SSSR count). The van der Waals surface area contributed by atoms with Gasteiger partial charge in [-0.1, -0.05) is 27.6 Å². The molecule has 6 atom stereocenters. The fourth-order valence-corrected chi connectivity index (χ4v) is 9.89. The van der Waals surface area contributed by atoms with E-state index in [2.05, 4.69) is 20.8 Å². The van der Waals surface area contributed by atoms with Crippen LogP contribution in [0.1, 0.15) is 18.4 Å². The lowest BCUT2D eigenvalue weighted by Gasteiger charge is -2.51. The number of hydrogen-bond donors (Lipinski definition) is 1. The van der Waals surface area contributed by atoms with E-state index in [4.69, 9.17) is 32.7 Å². The Morgan fingerprint density at radius 3 is 2.38 bits per heavy atom. The second kappa shape index (κ2) is 11.1. The van der Waals surface area contributed by atoms with E-state index >= 15 is 0 Å². The van der Waals surface area contributed by atoms with Gasteiger partial charge in [-0.2, -0.15) is 0 Å². The molecule has 0 bridgehead atoms. The molecule has 0 aromatic heterocycles. The average molecular weight is 743 g/mol. The Hall–Kier alpha value is -3.38. The molecule has 4 heterocycles. The van der Waals surface area contributed by atoms with Gasteiger partial charge in [0.2, 0.25) is 11.8 Å². The zero-order chi connectivity index (χ0) is 32.8. The number of imide groups is 2. The van der Waals surface area contributed by atoms with Crippen molar-refractivity contribution in [2.75, 3.05) is 41.6 Å². The van der Waals surface area contributed by atoms with Gasteiger partial charge >= 0.3 is 0 Å². The third kappa shape index (κ3) is 4.32. The van der Waals surface area contributed by atoms with Gasteiger partial charge < -0.3 is 19.5 Å². The number of fused-ring (bicyclic) bond motifs is 5. The minimum absolute atomic E-state index is 0.0489. The van der Waals surface area contributed by atoms with Crippen LogP contribution in [0.2, 0.25) is 0 Å². The van der Waals surface area contributed by atoms with E-state index in [1.807, 2.05) is 18.2 Å². The maximum Gasteiger partial charge on any atom is 0.254 e. The number of phenols is 1. The van der Waals surface area contributed by atoms with Crippen molar-refractivity contribution in [2.45, 2.75) is 29.0 Å². The van der Waals surface area contributed by atoms with Crippen molar-refractivity contribution in [3.05, 3.63) is 71.5 Å². The summed E-state index contributed by atoms with van der Waals surface area (Å²) in [5.74, 6) is -4.39. The Balaban J connectivity index is 1.18. The lowest BCUT2D eigenvalue weighted by molar-refractivity contribution is -0.138. The summed E-state index contributed by atoms with van der Waals surface area (Å²) in [4.78, 5) is 56.9. The highest BCUT2D eigenvalue weighted by Gasteiger charge is 2.76. The summed E-state index contributed by atoms with van der Waals surface area (Å²) in [6.45, 7) is 2.78. The SMILES string of the molecule is O=C1[C@H]2[C@H](CC=C3[C@H](C4=COc5ccc(O)cc5C4)[C@]4(Cl)C(=O)N(CBr)C(=O)[C@]4(Cl)C[C@H]32)C(=O)N1c1ccc(N2CCOCC2)cc1. The Kier molecular flexibility index (Phi) is 7.29. The number of nitrogens with zero attached hydrogens (tertiary/aromatic N) is 3. The van der Waals surface area contributed by atoms with Gasteiger partial charge in [0.05, 0.1) is 42.5 Å². The molecular weight excluding hydrogens is 713 g/mol. The summed E-state index contributed by atoms with van der Waals surface area (Å²) < 4.78 is 11.4. The van der Waals surface area contributed by atoms with Crippen molar-refractivity contribution in [3.8, 4) is 11.5 Å². The first-order valence-electron chi connectivity index (χ1n) is 15.6. The predicted octanol–water partition coefficient (Wildman–Crippen LogP) is 4.50. The Morgan fingerprint density at radius 2 is 1.66 bits per heavy atom. The van der Waals surface area contributed by atoms with Gasteiger partial charge in [-0.05, 0) is 66.8 Å². The predicted molar refractivity (Wildman–Crippen MR) is 177 cm³/mol. The lowest BCUT2D eigenvalue weighted by atomic mass is 9.56. The summed E-state index contributed by atoms with van der Waals surface area (Å²) in [5.41, 5.74) is 3.31. The van der Waals surface area contributed by atoms with Crippen LogP contribution >= 0.6 is 39.1 Å². The van der Waals surface area contributed by atoms with Crippen molar-refractivity contribution < 1.29 is 33.8 Å². The average Bonchev–Trinajstić information content (AvgIpc) is 3.42. The molecule has 0 radical (unpaired) electrons. The van der Waals surface area contributed by atoms with Crippen LogP contribution in [-0.2, 0) is 30.3 Å². The smallest absolute Gasteiger partial charge is 0.254 e. The van der Waals surface area contributed by atoms with E-state index in [0.717, 1.165) is 23.7 Å². The normalized spacial score (nSPS) is 33.1. The summed E-state index contributed by atoms with van der Waals surface area (Å²) in [6, 6.07) is 12.1.